The van der Waals surface area contributed by atoms with Crippen molar-refractivity contribution in [1.82, 2.24) is 9.55 Å². The summed E-state index contributed by atoms with van der Waals surface area (Å²) in [6.07, 6.45) is 9.56. The van der Waals surface area contributed by atoms with Gasteiger partial charge >= 0.3 is 0 Å². The fourth-order valence-electron chi connectivity index (χ4n) is 4.31. The van der Waals surface area contributed by atoms with Crippen LogP contribution in [0.1, 0.15) is 61.8 Å². The minimum atomic E-state index is -0.447. The molecule has 0 N–H and O–H groups in total. The van der Waals surface area contributed by atoms with Crippen molar-refractivity contribution in [2.45, 2.75) is 50.5 Å². The highest BCUT2D eigenvalue weighted by Crippen LogP contribution is 2.39. The number of nitrogens with zero attached hydrogens (tertiary/aromatic N) is 2. The van der Waals surface area contributed by atoms with Crippen molar-refractivity contribution in [3.8, 4) is 0 Å². The second-order valence-corrected chi connectivity index (χ2v) is 7.70. The Balaban J connectivity index is 1.70. The van der Waals surface area contributed by atoms with Gasteiger partial charge in [-0.05, 0) is 34.9 Å². The minimum absolute atomic E-state index is 0.0681. The van der Waals surface area contributed by atoms with E-state index in [2.05, 4.69) is 48.3 Å². The SMILES string of the molecule is CC1(c2ccc(C(c3ccccc3)n3cnc(F)c3)cc2)CCCCC1. The van der Waals surface area contributed by atoms with Crippen molar-refractivity contribution in [2.24, 2.45) is 0 Å². The number of hydrogen-bond donors (Lipinski definition) is 0. The molecule has 0 spiro atoms. The average molecular weight is 348 g/mol. The molecular weight excluding hydrogens is 323 g/mol. The number of hydrogen-bond acceptors (Lipinski definition) is 1. The monoisotopic (exact) mass is 348 g/mol. The lowest BCUT2D eigenvalue weighted by Gasteiger charge is -2.34. The van der Waals surface area contributed by atoms with Gasteiger partial charge in [0.1, 0.15) is 0 Å². The molecule has 0 radical (unpaired) electrons. The van der Waals surface area contributed by atoms with E-state index >= 15 is 0 Å². The zero-order valence-corrected chi connectivity index (χ0v) is 15.2. The molecule has 2 aromatic carbocycles. The maximum atomic E-state index is 13.5. The zero-order chi connectivity index (χ0) is 18.0. The van der Waals surface area contributed by atoms with Gasteiger partial charge in [0, 0.05) is 0 Å². The van der Waals surface area contributed by atoms with Crippen LogP contribution in [0, 0.1) is 5.95 Å². The van der Waals surface area contributed by atoms with E-state index in [4.69, 9.17) is 0 Å². The second kappa shape index (κ2) is 7.06. The largest absolute Gasteiger partial charge is 0.323 e. The standard InChI is InChI=1S/C23H25FN2/c1-23(14-6-3-7-15-23)20-12-10-19(11-13-20)22(18-8-4-2-5-9-18)26-16-21(24)25-17-26/h2,4-5,8-13,16-17,22H,3,6-7,14-15H2,1H3. The molecule has 0 saturated heterocycles. The highest BCUT2D eigenvalue weighted by molar-refractivity contribution is 5.36. The molecule has 26 heavy (non-hydrogen) atoms. The van der Waals surface area contributed by atoms with Crippen LogP contribution in [0.2, 0.25) is 0 Å². The summed E-state index contributed by atoms with van der Waals surface area (Å²) in [6.45, 7) is 2.39. The molecule has 0 amide bonds. The first-order chi connectivity index (χ1) is 12.7. The minimum Gasteiger partial charge on any atom is -0.323 e. The Kier molecular flexibility index (Phi) is 4.62. The van der Waals surface area contributed by atoms with E-state index in [0.717, 1.165) is 11.1 Å². The maximum Gasteiger partial charge on any atom is 0.230 e. The molecule has 1 saturated carbocycles. The average Bonchev–Trinajstić information content (AvgIpc) is 3.10. The maximum absolute atomic E-state index is 13.5. The third-order valence-corrected chi connectivity index (χ3v) is 5.86. The third-order valence-electron chi connectivity index (χ3n) is 5.86. The number of benzene rings is 2. The van der Waals surface area contributed by atoms with Gasteiger partial charge in [0.25, 0.3) is 0 Å². The van der Waals surface area contributed by atoms with Crippen molar-refractivity contribution in [1.29, 1.82) is 0 Å². The number of imidazole rings is 1. The van der Waals surface area contributed by atoms with Crippen molar-refractivity contribution in [3.63, 3.8) is 0 Å². The third kappa shape index (κ3) is 3.31. The summed E-state index contributed by atoms with van der Waals surface area (Å²) in [6, 6.07) is 19.1. The van der Waals surface area contributed by atoms with Crippen LogP contribution >= 0.6 is 0 Å². The lowest BCUT2D eigenvalue weighted by molar-refractivity contribution is 0.319. The Morgan fingerprint density at radius 1 is 0.923 bits per heavy atom. The van der Waals surface area contributed by atoms with Crippen LogP contribution in [0.15, 0.2) is 67.1 Å². The van der Waals surface area contributed by atoms with E-state index in [1.54, 1.807) is 6.33 Å². The quantitative estimate of drug-likeness (QED) is 0.575. The summed E-state index contributed by atoms with van der Waals surface area (Å²) >= 11 is 0. The van der Waals surface area contributed by atoms with E-state index in [0.29, 0.717) is 5.41 Å². The van der Waals surface area contributed by atoms with Crippen LogP contribution in [0.3, 0.4) is 0 Å². The van der Waals surface area contributed by atoms with Gasteiger partial charge in [-0.25, -0.2) is 4.98 Å². The summed E-state index contributed by atoms with van der Waals surface area (Å²) in [5.74, 6) is -0.447. The van der Waals surface area contributed by atoms with Crippen molar-refractivity contribution in [3.05, 3.63) is 89.8 Å². The molecule has 3 aromatic rings. The van der Waals surface area contributed by atoms with Gasteiger partial charge in [0.15, 0.2) is 0 Å². The molecule has 3 heteroatoms. The Bertz CT molecular complexity index is 845. The zero-order valence-electron chi connectivity index (χ0n) is 15.2. The van der Waals surface area contributed by atoms with Crippen LogP contribution in [0.25, 0.3) is 0 Å². The summed E-state index contributed by atoms with van der Waals surface area (Å²) in [4.78, 5) is 3.79. The first-order valence-corrected chi connectivity index (χ1v) is 9.50. The first kappa shape index (κ1) is 17.0. The molecule has 134 valence electrons. The predicted molar refractivity (Wildman–Crippen MR) is 103 cm³/mol. The Hall–Kier alpha value is -2.42. The van der Waals surface area contributed by atoms with Crippen LogP contribution < -0.4 is 0 Å². The van der Waals surface area contributed by atoms with Gasteiger partial charge in [0.05, 0.1) is 18.6 Å². The van der Waals surface area contributed by atoms with Gasteiger partial charge in [-0.3, -0.25) is 0 Å². The summed E-state index contributed by atoms with van der Waals surface area (Å²) in [5, 5.41) is 0. The van der Waals surface area contributed by atoms with Gasteiger partial charge in [-0.2, -0.15) is 4.39 Å². The number of aromatic nitrogens is 2. The molecule has 1 unspecified atom stereocenters. The van der Waals surface area contributed by atoms with E-state index in [1.165, 1.54) is 43.9 Å². The summed E-state index contributed by atoms with van der Waals surface area (Å²) in [7, 11) is 0. The van der Waals surface area contributed by atoms with E-state index in [1.807, 2.05) is 22.8 Å². The molecular formula is C23H25FN2. The van der Waals surface area contributed by atoms with E-state index < -0.39 is 5.95 Å². The molecule has 0 aliphatic heterocycles. The van der Waals surface area contributed by atoms with Crippen LogP contribution in [-0.2, 0) is 5.41 Å². The van der Waals surface area contributed by atoms with E-state index in [9.17, 15) is 4.39 Å². The fourth-order valence-corrected chi connectivity index (χ4v) is 4.31. The summed E-state index contributed by atoms with van der Waals surface area (Å²) < 4.78 is 15.4. The Labute approximate surface area is 154 Å². The molecule has 2 nitrogen and oxygen atoms in total. The Morgan fingerprint density at radius 2 is 1.58 bits per heavy atom. The topological polar surface area (TPSA) is 17.8 Å². The lowest BCUT2D eigenvalue weighted by atomic mass is 9.71. The first-order valence-electron chi connectivity index (χ1n) is 9.50. The summed E-state index contributed by atoms with van der Waals surface area (Å²) in [5.41, 5.74) is 3.99. The Morgan fingerprint density at radius 3 is 2.19 bits per heavy atom. The van der Waals surface area contributed by atoms with Crippen molar-refractivity contribution in [2.75, 3.05) is 0 Å². The van der Waals surface area contributed by atoms with Crippen LogP contribution in [-0.4, -0.2) is 9.55 Å². The molecule has 1 aliphatic rings. The molecule has 0 bridgehead atoms. The highest BCUT2D eigenvalue weighted by atomic mass is 19.1. The molecule has 1 aromatic heterocycles. The van der Waals surface area contributed by atoms with Crippen LogP contribution in [0.4, 0.5) is 4.39 Å². The highest BCUT2D eigenvalue weighted by Gasteiger charge is 2.29. The molecule has 1 atom stereocenters. The van der Waals surface area contributed by atoms with Gasteiger partial charge in [0.2, 0.25) is 5.95 Å². The molecule has 1 aliphatic carbocycles. The number of rotatable bonds is 4. The van der Waals surface area contributed by atoms with Gasteiger partial charge in [-0.15, -0.1) is 0 Å². The lowest BCUT2D eigenvalue weighted by Crippen LogP contribution is -2.25. The van der Waals surface area contributed by atoms with Gasteiger partial charge < -0.3 is 4.57 Å². The van der Waals surface area contributed by atoms with Crippen molar-refractivity contribution >= 4 is 0 Å². The molecule has 1 fully saturated rings. The smallest absolute Gasteiger partial charge is 0.230 e. The molecule has 1 heterocycles. The van der Waals surface area contributed by atoms with Crippen LogP contribution in [0.5, 0.6) is 0 Å². The van der Waals surface area contributed by atoms with Gasteiger partial charge in [-0.1, -0.05) is 80.8 Å². The number of halogens is 1. The van der Waals surface area contributed by atoms with Crippen molar-refractivity contribution < 1.29 is 4.39 Å². The second-order valence-electron chi connectivity index (χ2n) is 7.70. The predicted octanol–water partition coefficient (Wildman–Crippen LogP) is 5.88. The molecule has 4 rings (SSSR count). The fraction of sp³-hybridized carbons (Fsp3) is 0.348. The van der Waals surface area contributed by atoms with E-state index in [-0.39, 0.29) is 6.04 Å². The normalized spacial score (nSPS) is 17.8.